The van der Waals surface area contributed by atoms with E-state index in [9.17, 15) is 0 Å². The molecule has 2 atom stereocenters. The van der Waals surface area contributed by atoms with E-state index in [4.69, 9.17) is 19.7 Å². The molecule has 0 spiro atoms. The van der Waals surface area contributed by atoms with Gasteiger partial charge in [-0.25, -0.2) is 0 Å². The van der Waals surface area contributed by atoms with E-state index < -0.39 is 0 Å². The number of fused-ring (bicyclic) bond motifs is 1. The normalized spacial score (nSPS) is 18.9. The van der Waals surface area contributed by atoms with Crippen LogP contribution in [0.2, 0.25) is 0 Å². The van der Waals surface area contributed by atoms with Crippen molar-refractivity contribution in [1.82, 2.24) is 10.1 Å². The van der Waals surface area contributed by atoms with E-state index in [0.717, 1.165) is 12.2 Å². The number of hydrogen-bond donors (Lipinski definition) is 1. The summed E-state index contributed by atoms with van der Waals surface area (Å²) in [5, 5.41) is 4.06. The Bertz CT molecular complexity index is 599. The van der Waals surface area contributed by atoms with Gasteiger partial charge < -0.3 is 19.7 Å². The maximum Gasteiger partial charge on any atom is 0.228 e. The summed E-state index contributed by atoms with van der Waals surface area (Å²) in [6, 6.07) is 7.90. The zero-order valence-corrected chi connectivity index (χ0v) is 12.0. The summed E-state index contributed by atoms with van der Waals surface area (Å²) in [5.74, 6) is 2.30. The zero-order valence-electron chi connectivity index (χ0n) is 12.0. The molecule has 112 valence electrons. The van der Waals surface area contributed by atoms with Crippen LogP contribution in [-0.4, -0.2) is 36.5 Å². The first-order valence-electron chi connectivity index (χ1n) is 7.04. The van der Waals surface area contributed by atoms with Crippen LogP contribution in [-0.2, 0) is 17.6 Å². The molecule has 1 aliphatic rings. The molecule has 1 aromatic carbocycles. The van der Waals surface area contributed by atoms with Crippen molar-refractivity contribution in [1.29, 1.82) is 0 Å². The number of nitrogens with zero attached hydrogens (tertiary/aromatic N) is 2. The summed E-state index contributed by atoms with van der Waals surface area (Å²) in [6.07, 6.45) is 1.38. The highest BCUT2D eigenvalue weighted by Gasteiger charge is 2.25. The number of aromatic nitrogens is 2. The average molecular weight is 289 g/mol. The zero-order chi connectivity index (χ0) is 14.7. The molecule has 0 amide bonds. The topological polar surface area (TPSA) is 83.4 Å². The summed E-state index contributed by atoms with van der Waals surface area (Å²) >= 11 is 0. The first-order chi connectivity index (χ1) is 10.3. The van der Waals surface area contributed by atoms with Gasteiger partial charge in [-0.3, -0.25) is 0 Å². The van der Waals surface area contributed by atoms with Gasteiger partial charge in [-0.15, -0.1) is 0 Å². The lowest BCUT2D eigenvalue weighted by atomic mass is 9.96. The fraction of sp³-hybridized carbons (Fsp3) is 0.467. The number of rotatable bonds is 5. The van der Waals surface area contributed by atoms with Crippen LogP contribution in [0.3, 0.4) is 0 Å². The van der Waals surface area contributed by atoms with Gasteiger partial charge in [-0.05, 0) is 18.1 Å². The maximum absolute atomic E-state index is 5.89. The second-order valence-electron chi connectivity index (χ2n) is 5.29. The largest absolute Gasteiger partial charge is 0.493 e. The second-order valence-corrected chi connectivity index (χ2v) is 5.29. The Labute approximate surface area is 123 Å². The molecule has 6 heteroatoms. The lowest BCUT2D eigenvalue weighted by molar-refractivity contribution is 0.176. The number of nitrogens with two attached hydrogens (primary N) is 1. The van der Waals surface area contributed by atoms with Crippen LogP contribution >= 0.6 is 0 Å². The smallest absolute Gasteiger partial charge is 0.228 e. The highest BCUT2D eigenvalue weighted by molar-refractivity contribution is 5.36. The summed E-state index contributed by atoms with van der Waals surface area (Å²) in [4.78, 5) is 4.44. The Kier molecular flexibility index (Phi) is 4.17. The summed E-state index contributed by atoms with van der Waals surface area (Å²) in [5.41, 5.74) is 7.07. The lowest BCUT2D eigenvalue weighted by Gasteiger charge is -2.22. The van der Waals surface area contributed by atoms with Crippen LogP contribution in [0.5, 0.6) is 5.75 Å². The minimum Gasteiger partial charge on any atom is -0.493 e. The van der Waals surface area contributed by atoms with Gasteiger partial charge in [0.25, 0.3) is 0 Å². The van der Waals surface area contributed by atoms with E-state index in [2.05, 4.69) is 16.2 Å². The van der Waals surface area contributed by atoms with E-state index in [1.54, 1.807) is 7.11 Å². The molecule has 0 radical (unpaired) electrons. The molecule has 2 aromatic rings. The number of hydrogen-bond acceptors (Lipinski definition) is 6. The molecular weight excluding hydrogens is 270 g/mol. The molecule has 0 aliphatic carbocycles. The van der Waals surface area contributed by atoms with Crippen LogP contribution in [0.1, 0.15) is 23.2 Å². The second kappa shape index (κ2) is 6.24. The minimum absolute atomic E-state index is 0.121. The third kappa shape index (κ3) is 3.22. The predicted molar refractivity (Wildman–Crippen MR) is 76.2 cm³/mol. The number of benzene rings is 1. The van der Waals surface area contributed by atoms with E-state index >= 15 is 0 Å². The first kappa shape index (κ1) is 14.0. The van der Waals surface area contributed by atoms with Crippen molar-refractivity contribution in [2.45, 2.75) is 24.8 Å². The monoisotopic (exact) mass is 289 g/mol. The van der Waals surface area contributed by atoms with Gasteiger partial charge in [0.15, 0.2) is 5.82 Å². The Morgan fingerprint density at radius 1 is 1.43 bits per heavy atom. The molecule has 1 aromatic heterocycles. The van der Waals surface area contributed by atoms with E-state index in [0.29, 0.717) is 31.3 Å². The molecule has 2 unspecified atom stereocenters. The van der Waals surface area contributed by atoms with E-state index in [-0.39, 0.29) is 12.0 Å². The SMILES string of the molecule is COCC(N)Cc1nc(C2COc3ccccc3C2)no1. The molecule has 2 N–H and O–H groups in total. The number of para-hydroxylation sites is 1. The van der Waals surface area contributed by atoms with Gasteiger partial charge in [0.1, 0.15) is 5.75 Å². The van der Waals surface area contributed by atoms with Crippen molar-refractivity contribution in [3.63, 3.8) is 0 Å². The molecule has 2 heterocycles. The maximum atomic E-state index is 5.89. The fourth-order valence-corrected chi connectivity index (χ4v) is 2.51. The Balaban J connectivity index is 1.67. The Morgan fingerprint density at radius 2 is 2.29 bits per heavy atom. The highest BCUT2D eigenvalue weighted by atomic mass is 16.5. The molecule has 1 aliphatic heterocycles. The van der Waals surface area contributed by atoms with Gasteiger partial charge in [-0.2, -0.15) is 4.98 Å². The van der Waals surface area contributed by atoms with Crippen molar-refractivity contribution in [3.8, 4) is 5.75 Å². The van der Waals surface area contributed by atoms with Crippen LogP contribution < -0.4 is 10.5 Å². The van der Waals surface area contributed by atoms with Crippen molar-refractivity contribution >= 4 is 0 Å². The number of methoxy groups -OCH3 is 1. The average Bonchev–Trinajstić information content (AvgIpc) is 2.95. The van der Waals surface area contributed by atoms with Crippen LogP contribution in [0, 0.1) is 0 Å². The Hall–Kier alpha value is -1.92. The van der Waals surface area contributed by atoms with Gasteiger partial charge in [0.2, 0.25) is 5.89 Å². The van der Waals surface area contributed by atoms with Crippen LogP contribution in [0.25, 0.3) is 0 Å². The van der Waals surface area contributed by atoms with Gasteiger partial charge in [0.05, 0.1) is 19.1 Å². The lowest BCUT2D eigenvalue weighted by Crippen LogP contribution is -2.28. The highest BCUT2D eigenvalue weighted by Crippen LogP contribution is 2.30. The fourth-order valence-electron chi connectivity index (χ4n) is 2.51. The van der Waals surface area contributed by atoms with E-state index in [1.165, 1.54) is 5.56 Å². The third-order valence-corrected chi connectivity index (χ3v) is 3.55. The summed E-state index contributed by atoms with van der Waals surface area (Å²) < 4.78 is 16.0. The predicted octanol–water partition coefficient (Wildman–Crippen LogP) is 1.30. The molecule has 0 bridgehead atoms. The Morgan fingerprint density at radius 3 is 3.14 bits per heavy atom. The van der Waals surface area contributed by atoms with Crippen LogP contribution in [0.15, 0.2) is 28.8 Å². The molecular formula is C15H19N3O3. The summed E-state index contributed by atoms with van der Waals surface area (Å²) in [6.45, 7) is 1.04. The quantitative estimate of drug-likeness (QED) is 0.893. The molecule has 0 saturated carbocycles. The summed E-state index contributed by atoms with van der Waals surface area (Å²) in [7, 11) is 1.62. The molecule has 3 rings (SSSR count). The third-order valence-electron chi connectivity index (χ3n) is 3.55. The van der Waals surface area contributed by atoms with E-state index in [1.807, 2.05) is 18.2 Å². The molecule has 0 fully saturated rings. The van der Waals surface area contributed by atoms with Crippen molar-refractivity contribution < 1.29 is 14.0 Å². The molecule has 21 heavy (non-hydrogen) atoms. The molecule has 0 saturated heterocycles. The van der Waals surface area contributed by atoms with Gasteiger partial charge in [-0.1, -0.05) is 23.4 Å². The van der Waals surface area contributed by atoms with Crippen molar-refractivity contribution in [2.75, 3.05) is 20.3 Å². The van der Waals surface area contributed by atoms with Crippen molar-refractivity contribution in [3.05, 3.63) is 41.5 Å². The van der Waals surface area contributed by atoms with Crippen molar-refractivity contribution in [2.24, 2.45) is 5.73 Å². The van der Waals surface area contributed by atoms with Gasteiger partial charge >= 0.3 is 0 Å². The number of ether oxygens (including phenoxy) is 2. The first-order valence-corrected chi connectivity index (χ1v) is 7.04. The minimum atomic E-state index is -0.133. The van der Waals surface area contributed by atoms with Crippen LogP contribution in [0.4, 0.5) is 0 Å². The molecule has 6 nitrogen and oxygen atoms in total. The van der Waals surface area contributed by atoms with Gasteiger partial charge in [0, 0.05) is 19.6 Å². The standard InChI is InChI=1S/C15H19N3O3/c1-19-9-12(16)7-14-17-15(18-21-14)11-6-10-4-2-3-5-13(10)20-8-11/h2-5,11-12H,6-9,16H2,1H3.